The Labute approximate surface area is 249 Å². The van der Waals surface area contributed by atoms with Gasteiger partial charge in [0.1, 0.15) is 6.04 Å². The van der Waals surface area contributed by atoms with Gasteiger partial charge in [-0.25, -0.2) is 4.79 Å². The highest BCUT2D eigenvalue weighted by Crippen LogP contribution is 2.38. The number of aliphatic hydroxyl groups excluding tert-OH is 1. The van der Waals surface area contributed by atoms with Gasteiger partial charge in [0.25, 0.3) is 5.91 Å². The minimum Gasteiger partial charge on any atom is -0.372 e. The average molecular weight is 583 g/mol. The zero-order valence-electron chi connectivity index (χ0n) is 23.8. The molecule has 7 rings (SSSR count). The molecule has 3 saturated heterocycles. The Morgan fingerprint density at radius 1 is 0.907 bits per heavy atom. The number of urea groups is 1. The van der Waals surface area contributed by atoms with Gasteiger partial charge in [0.05, 0.1) is 5.52 Å². The predicted octanol–water partition coefficient (Wildman–Crippen LogP) is 3.04. The number of nitrogens with zero attached hydrogens (tertiary/aromatic N) is 5. The van der Waals surface area contributed by atoms with Gasteiger partial charge >= 0.3 is 6.03 Å². The van der Waals surface area contributed by atoms with Crippen molar-refractivity contribution in [3.05, 3.63) is 65.9 Å². The molecule has 0 radical (unpaired) electrons. The third-order valence-corrected chi connectivity index (χ3v) is 9.26. The number of carbonyl (C=O) groups is 4. The molecule has 11 nitrogen and oxygen atoms in total. The molecule has 0 spiro atoms. The highest BCUT2D eigenvalue weighted by molar-refractivity contribution is 6.06. The highest BCUT2D eigenvalue weighted by Gasteiger charge is 2.44. The number of piperidine rings is 2. The number of aliphatic hydroxyl groups is 1. The number of imide groups is 1. The first-order chi connectivity index (χ1) is 20.9. The lowest BCUT2D eigenvalue weighted by Crippen LogP contribution is -2.53. The molecule has 2 unspecified atom stereocenters. The van der Waals surface area contributed by atoms with Gasteiger partial charge in [-0.3, -0.25) is 34.5 Å². The molecular formula is C32H34N6O5. The second kappa shape index (κ2) is 11.0. The molecule has 3 fully saturated rings. The first kappa shape index (κ1) is 27.3. The van der Waals surface area contributed by atoms with Crippen molar-refractivity contribution in [2.45, 2.75) is 44.4 Å². The van der Waals surface area contributed by atoms with Crippen LogP contribution in [0.15, 0.2) is 54.7 Å². The molecular weight excluding hydrogens is 548 g/mol. The zero-order valence-corrected chi connectivity index (χ0v) is 23.8. The Morgan fingerprint density at radius 2 is 1.72 bits per heavy atom. The Balaban J connectivity index is 0.981. The molecule has 5 heterocycles. The molecule has 2 aromatic carbocycles. The summed E-state index contributed by atoms with van der Waals surface area (Å²) in [4.78, 5) is 62.3. The first-order valence-electron chi connectivity index (χ1n) is 15.0. The lowest BCUT2D eigenvalue weighted by atomic mass is 9.95. The Kier molecular flexibility index (Phi) is 6.97. The summed E-state index contributed by atoms with van der Waals surface area (Å²) >= 11 is 0. The van der Waals surface area contributed by atoms with E-state index >= 15 is 0 Å². The summed E-state index contributed by atoms with van der Waals surface area (Å²) in [5.41, 5.74) is 3.60. The van der Waals surface area contributed by atoms with E-state index in [9.17, 15) is 24.3 Å². The molecule has 43 heavy (non-hydrogen) atoms. The molecule has 2 N–H and O–H groups in total. The third kappa shape index (κ3) is 4.97. The SMILES string of the molecule is O=C1CCC(N2C(=O)c3ccc(N4CCC(CN5CCCN(c6ccc7ncccc7c6)C5=O)CC4)cc3C2O)C(=O)N1. The number of amides is 5. The van der Waals surface area contributed by atoms with Crippen molar-refractivity contribution in [1.29, 1.82) is 0 Å². The van der Waals surface area contributed by atoms with Crippen molar-refractivity contribution in [1.82, 2.24) is 20.1 Å². The van der Waals surface area contributed by atoms with Gasteiger partial charge in [-0.15, -0.1) is 0 Å². The molecule has 4 aliphatic rings. The van der Waals surface area contributed by atoms with Crippen molar-refractivity contribution in [3.63, 3.8) is 0 Å². The molecule has 4 aliphatic heterocycles. The molecule has 2 atom stereocenters. The van der Waals surface area contributed by atoms with E-state index in [0.717, 1.165) is 67.7 Å². The van der Waals surface area contributed by atoms with Crippen molar-refractivity contribution >= 4 is 46.0 Å². The van der Waals surface area contributed by atoms with Crippen LogP contribution in [0.5, 0.6) is 0 Å². The van der Waals surface area contributed by atoms with Crippen molar-refractivity contribution in [2.24, 2.45) is 5.92 Å². The lowest BCUT2D eigenvalue weighted by Gasteiger charge is -2.40. The Bertz CT molecular complexity index is 1620. The van der Waals surface area contributed by atoms with Crippen LogP contribution in [0.3, 0.4) is 0 Å². The number of hydrogen-bond donors (Lipinski definition) is 2. The summed E-state index contributed by atoms with van der Waals surface area (Å²) in [6.45, 7) is 3.77. The van der Waals surface area contributed by atoms with Crippen LogP contribution in [0.4, 0.5) is 16.2 Å². The van der Waals surface area contributed by atoms with Crippen LogP contribution in [0, 0.1) is 5.92 Å². The second-order valence-electron chi connectivity index (χ2n) is 11.9. The molecule has 5 amide bonds. The number of rotatable bonds is 5. The average Bonchev–Trinajstić information content (AvgIpc) is 3.27. The highest BCUT2D eigenvalue weighted by atomic mass is 16.3. The molecule has 0 bridgehead atoms. The quantitative estimate of drug-likeness (QED) is 0.443. The van der Waals surface area contributed by atoms with Gasteiger partial charge < -0.3 is 14.9 Å². The van der Waals surface area contributed by atoms with Gasteiger partial charge in [-0.05, 0) is 74.1 Å². The largest absolute Gasteiger partial charge is 0.372 e. The van der Waals surface area contributed by atoms with E-state index < -0.39 is 24.1 Å². The number of aromatic nitrogens is 1. The van der Waals surface area contributed by atoms with Crippen LogP contribution in [0.1, 0.15) is 54.3 Å². The fourth-order valence-corrected chi connectivity index (χ4v) is 6.92. The van der Waals surface area contributed by atoms with Crippen LogP contribution in [-0.4, -0.2) is 82.4 Å². The topological polar surface area (TPSA) is 126 Å². The van der Waals surface area contributed by atoms with Crippen LogP contribution >= 0.6 is 0 Å². The Hall–Kier alpha value is -4.51. The maximum atomic E-state index is 13.5. The summed E-state index contributed by atoms with van der Waals surface area (Å²) in [5, 5.41) is 14.3. The Morgan fingerprint density at radius 3 is 2.53 bits per heavy atom. The number of benzene rings is 2. The van der Waals surface area contributed by atoms with Crippen LogP contribution < -0.4 is 15.1 Å². The molecule has 11 heteroatoms. The summed E-state index contributed by atoms with van der Waals surface area (Å²) in [7, 11) is 0. The third-order valence-electron chi connectivity index (χ3n) is 9.26. The lowest BCUT2D eigenvalue weighted by molar-refractivity contribution is -0.139. The summed E-state index contributed by atoms with van der Waals surface area (Å²) in [6.07, 6.45) is 3.62. The summed E-state index contributed by atoms with van der Waals surface area (Å²) in [6, 6.07) is 14.5. The molecule has 0 saturated carbocycles. The monoisotopic (exact) mass is 582 g/mol. The minimum atomic E-state index is -1.24. The van der Waals surface area contributed by atoms with Crippen LogP contribution in [0.25, 0.3) is 10.9 Å². The van der Waals surface area contributed by atoms with E-state index in [1.807, 2.05) is 52.3 Å². The first-order valence-corrected chi connectivity index (χ1v) is 15.0. The maximum Gasteiger partial charge on any atom is 0.324 e. The second-order valence-corrected chi connectivity index (χ2v) is 11.9. The van der Waals surface area contributed by atoms with E-state index in [-0.39, 0.29) is 24.8 Å². The standard InChI is InChI=1S/C32H34N6O5/c39-28-9-8-27(29(40)34-28)38-30(41)24-6-4-22(18-25(24)31(38)42)35-15-10-20(11-16-35)19-36-13-2-14-37(32(36)43)23-5-7-26-21(17-23)3-1-12-33-26/h1,3-7,12,17-18,20,27,31,42H,2,8-11,13-16,19H2,(H,34,39,40). The van der Waals surface area contributed by atoms with Crippen LogP contribution in [-0.2, 0) is 9.59 Å². The number of pyridine rings is 1. The minimum absolute atomic E-state index is 0.0507. The smallest absolute Gasteiger partial charge is 0.324 e. The van der Waals surface area contributed by atoms with Crippen molar-refractivity contribution in [2.75, 3.05) is 42.5 Å². The molecule has 1 aromatic heterocycles. The fourth-order valence-electron chi connectivity index (χ4n) is 6.92. The van der Waals surface area contributed by atoms with Crippen molar-refractivity contribution < 1.29 is 24.3 Å². The van der Waals surface area contributed by atoms with Crippen molar-refractivity contribution in [3.8, 4) is 0 Å². The van der Waals surface area contributed by atoms with E-state index in [1.165, 1.54) is 4.90 Å². The zero-order chi connectivity index (χ0) is 29.7. The van der Waals surface area contributed by atoms with E-state index in [1.54, 1.807) is 12.3 Å². The van der Waals surface area contributed by atoms with E-state index in [4.69, 9.17) is 0 Å². The number of anilines is 2. The van der Waals surface area contributed by atoms with Gasteiger partial charge in [-0.1, -0.05) is 6.07 Å². The van der Waals surface area contributed by atoms with Crippen LogP contribution in [0.2, 0.25) is 0 Å². The van der Waals surface area contributed by atoms with E-state index in [2.05, 4.69) is 15.2 Å². The molecule has 222 valence electrons. The number of fused-ring (bicyclic) bond motifs is 2. The van der Waals surface area contributed by atoms with Gasteiger partial charge in [0.2, 0.25) is 11.8 Å². The summed E-state index contributed by atoms with van der Waals surface area (Å²) < 4.78 is 0. The summed E-state index contributed by atoms with van der Waals surface area (Å²) in [5.74, 6) is -0.938. The number of carbonyl (C=O) groups excluding carboxylic acids is 4. The van der Waals surface area contributed by atoms with Gasteiger partial charge in [0, 0.05) is 73.2 Å². The number of nitrogens with one attached hydrogen (secondary N) is 1. The van der Waals surface area contributed by atoms with Gasteiger partial charge in [0.15, 0.2) is 6.23 Å². The maximum absolute atomic E-state index is 13.5. The predicted molar refractivity (Wildman–Crippen MR) is 159 cm³/mol. The normalized spacial score (nSPS) is 23.3. The van der Waals surface area contributed by atoms with Gasteiger partial charge in [-0.2, -0.15) is 0 Å². The number of hydrogen-bond acceptors (Lipinski definition) is 7. The van der Waals surface area contributed by atoms with E-state index in [0.29, 0.717) is 23.6 Å². The molecule has 0 aliphatic carbocycles. The fraction of sp³-hybridized carbons (Fsp3) is 0.406. The molecule has 3 aromatic rings.